The fourth-order valence-electron chi connectivity index (χ4n) is 2.63. The first-order valence-corrected chi connectivity index (χ1v) is 9.20. The van der Waals surface area contributed by atoms with Crippen molar-refractivity contribution in [3.8, 4) is 5.75 Å². The molecule has 6 heteroatoms. The number of ether oxygens (including phenoxy) is 1. The number of anilines is 1. The average molecular weight is 381 g/mol. The molecule has 148 valence electrons. The van der Waals surface area contributed by atoms with Crippen molar-refractivity contribution in [1.29, 1.82) is 0 Å². The molecule has 0 saturated heterocycles. The minimum Gasteiger partial charge on any atom is -0.483 e. The topological polar surface area (TPSA) is 79.8 Å². The smallest absolute Gasteiger partial charge is 0.277 e. The van der Waals surface area contributed by atoms with Crippen LogP contribution in [0.25, 0.3) is 0 Å². The lowest BCUT2D eigenvalue weighted by Gasteiger charge is -2.14. The van der Waals surface area contributed by atoms with E-state index in [-0.39, 0.29) is 18.4 Å². The zero-order valence-corrected chi connectivity index (χ0v) is 17.0. The van der Waals surface area contributed by atoms with Crippen molar-refractivity contribution >= 4 is 23.2 Å². The molecule has 0 radical (unpaired) electrons. The maximum atomic E-state index is 12.1. The van der Waals surface area contributed by atoms with Crippen molar-refractivity contribution in [3.63, 3.8) is 0 Å². The van der Waals surface area contributed by atoms with E-state index in [4.69, 9.17) is 4.74 Å². The van der Waals surface area contributed by atoms with Crippen molar-refractivity contribution in [3.05, 3.63) is 59.2 Å². The zero-order valence-electron chi connectivity index (χ0n) is 17.0. The Hall–Kier alpha value is -3.15. The molecule has 0 spiro atoms. The number of hydrogen-bond acceptors (Lipinski definition) is 4. The summed E-state index contributed by atoms with van der Waals surface area (Å²) in [5, 5.41) is 6.82. The molecule has 0 aliphatic carbocycles. The van der Waals surface area contributed by atoms with Crippen LogP contribution in [0.3, 0.4) is 0 Å². The van der Waals surface area contributed by atoms with Gasteiger partial charge in [-0.3, -0.25) is 9.59 Å². The molecule has 2 aromatic rings. The Bertz CT molecular complexity index is 871. The molecule has 0 aliphatic heterocycles. The van der Waals surface area contributed by atoms with Gasteiger partial charge in [0.05, 0.1) is 5.71 Å². The number of rotatable bonds is 7. The fourth-order valence-corrected chi connectivity index (χ4v) is 2.63. The minimum absolute atomic E-state index is 0.110. The van der Waals surface area contributed by atoms with Gasteiger partial charge in [-0.15, -0.1) is 0 Å². The Labute approximate surface area is 166 Å². The van der Waals surface area contributed by atoms with Gasteiger partial charge in [0.15, 0.2) is 6.61 Å². The maximum Gasteiger partial charge on any atom is 0.277 e. The molecular formula is C22H27N3O3. The van der Waals surface area contributed by atoms with E-state index in [0.717, 1.165) is 16.7 Å². The van der Waals surface area contributed by atoms with Crippen LogP contribution >= 0.6 is 0 Å². The predicted molar refractivity (Wildman–Crippen MR) is 112 cm³/mol. The first-order valence-electron chi connectivity index (χ1n) is 9.20. The van der Waals surface area contributed by atoms with Gasteiger partial charge >= 0.3 is 0 Å². The molecule has 28 heavy (non-hydrogen) atoms. The Balaban J connectivity index is 1.93. The molecule has 2 aromatic carbocycles. The zero-order chi connectivity index (χ0) is 20.7. The molecule has 0 heterocycles. The maximum absolute atomic E-state index is 12.1. The van der Waals surface area contributed by atoms with Crippen molar-refractivity contribution in [1.82, 2.24) is 5.43 Å². The molecular weight excluding hydrogens is 354 g/mol. The van der Waals surface area contributed by atoms with Crippen molar-refractivity contribution < 1.29 is 14.3 Å². The van der Waals surface area contributed by atoms with Crippen LogP contribution in [0, 0.1) is 6.92 Å². The van der Waals surface area contributed by atoms with Gasteiger partial charge in [0.2, 0.25) is 5.91 Å². The van der Waals surface area contributed by atoms with Gasteiger partial charge in [0, 0.05) is 12.6 Å². The highest BCUT2D eigenvalue weighted by molar-refractivity contribution is 6.00. The summed E-state index contributed by atoms with van der Waals surface area (Å²) in [6, 6.07) is 13.2. The first-order chi connectivity index (χ1) is 13.3. The summed E-state index contributed by atoms with van der Waals surface area (Å²) in [7, 11) is 0. The van der Waals surface area contributed by atoms with Gasteiger partial charge in [0.1, 0.15) is 5.75 Å². The fraction of sp³-hybridized carbons (Fsp3) is 0.318. The Morgan fingerprint density at radius 3 is 2.36 bits per heavy atom. The summed E-state index contributed by atoms with van der Waals surface area (Å²) in [4.78, 5) is 23.1. The van der Waals surface area contributed by atoms with Crippen LogP contribution < -0.4 is 15.5 Å². The lowest BCUT2D eigenvalue weighted by molar-refractivity contribution is -0.123. The SMILES string of the molecule is CC(=O)Nc1ccc(C(C)=NNC(=O)COc2ccc(C)cc2C(C)C)cc1. The van der Waals surface area contributed by atoms with Gasteiger partial charge in [-0.25, -0.2) is 5.43 Å². The number of carbonyl (C=O) groups is 2. The molecule has 6 nitrogen and oxygen atoms in total. The van der Waals surface area contributed by atoms with Crippen molar-refractivity contribution in [2.24, 2.45) is 5.10 Å². The van der Waals surface area contributed by atoms with Crippen LogP contribution in [0.15, 0.2) is 47.6 Å². The summed E-state index contributed by atoms with van der Waals surface area (Å²) >= 11 is 0. The van der Waals surface area contributed by atoms with Crippen LogP contribution in [0.5, 0.6) is 5.75 Å². The molecule has 0 saturated carbocycles. The van der Waals surface area contributed by atoms with Gasteiger partial charge in [-0.05, 0) is 49.1 Å². The number of carbonyl (C=O) groups excluding carboxylic acids is 2. The van der Waals surface area contributed by atoms with E-state index in [1.165, 1.54) is 6.92 Å². The summed E-state index contributed by atoms with van der Waals surface area (Å²) < 4.78 is 5.68. The lowest BCUT2D eigenvalue weighted by atomic mass is 10.00. The molecule has 0 aromatic heterocycles. The number of aryl methyl sites for hydroxylation is 1. The standard InChI is InChI=1S/C22H27N3O3/c1-14(2)20-12-15(3)6-11-21(20)28-13-22(27)25-24-16(4)18-7-9-19(10-8-18)23-17(5)26/h6-12,14H,13H2,1-5H3,(H,23,26)(H,25,27). The van der Waals surface area contributed by atoms with Crippen LogP contribution in [0.2, 0.25) is 0 Å². The molecule has 0 unspecified atom stereocenters. The molecule has 0 bridgehead atoms. The van der Waals surface area contributed by atoms with Crippen molar-refractivity contribution in [2.45, 2.75) is 40.5 Å². The van der Waals surface area contributed by atoms with Gasteiger partial charge in [-0.2, -0.15) is 5.10 Å². The largest absolute Gasteiger partial charge is 0.483 e. The Morgan fingerprint density at radius 2 is 1.75 bits per heavy atom. The lowest BCUT2D eigenvalue weighted by Crippen LogP contribution is -2.26. The van der Waals surface area contributed by atoms with Gasteiger partial charge < -0.3 is 10.1 Å². The number of amides is 2. The second-order valence-corrected chi connectivity index (χ2v) is 6.98. The van der Waals surface area contributed by atoms with E-state index in [0.29, 0.717) is 23.1 Å². The Kier molecular flexibility index (Phi) is 7.32. The molecule has 2 rings (SSSR count). The van der Waals surface area contributed by atoms with E-state index in [1.54, 1.807) is 19.1 Å². The van der Waals surface area contributed by atoms with Crippen molar-refractivity contribution in [2.75, 3.05) is 11.9 Å². The molecule has 0 fully saturated rings. The molecule has 2 amide bonds. The second-order valence-electron chi connectivity index (χ2n) is 6.98. The van der Waals surface area contributed by atoms with Gasteiger partial charge in [-0.1, -0.05) is 43.7 Å². The number of hydrazone groups is 1. The molecule has 2 N–H and O–H groups in total. The minimum atomic E-state index is -0.329. The summed E-state index contributed by atoms with van der Waals surface area (Å²) in [5.74, 6) is 0.563. The van der Waals surface area contributed by atoms with Gasteiger partial charge in [0.25, 0.3) is 5.91 Å². The highest BCUT2D eigenvalue weighted by atomic mass is 16.5. The summed E-state index contributed by atoms with van der Waals surface area (Å²) in [5.41, 5.74) is 6.95. The summed E-state index contributed by atoms with van der Waals surface area (Å²) in [6.45, 7) is 9.35. The first kappa shape index (κ1) is 21.2. The van der Waals surface area contributed by atoms with E-state index < -0.39 is 0 Å². The second kappa shape index (κ2) is 9.69. The van der Waals surface area contributed by atoms with Crippen LogP contribution in [-0.4, -0.2) is 24.1 Å². The third kappa shape index (κ3) is 6.23. The van der Waals surface area contributed by atoms with E-state index in [9.17, 15) is 9.59 Å². The number of hydrogen-bond donors (Lipinski definition) is 2. The predicted octanol–water partition coefficient (Wildman–Crippen LogP) is 4.00. The number of benzene rings is 2. The molecule has 0 atom stereocenters. The molecule has 0 aliphatic rings. The van der Waals surface area contributed by atoms with Crippen LogP contribution in [0.4, 0.5) is 5.69 Å². The monoisotopic (exact) mass is 381 g/mol. The van der Waals surface area contributed by atoms with Crippen LogP contribution in [0.1, 0.15) is 50.3 Å². The normalized spacial score (nSPS) is 11.3. The van der Waals surface area contributed by atoms with E-state index >= 15 is 0 Å². The number of nitrogens with one attached hydrogen (secondary N) is 2. The van der Waals surface area contributed by atoms with Crippen LogP contribution in [-0.2, 0) is 9.59 Å². The quantitative estimate of drug-likeness (QED) is 0.562. The average Bonchev–Trinajstić information content (AvgIpc) is 2.65. The Morgan fingerprint density at radius 1 is 1.07 bits per heavy atom. The third-order valence-corrected chi connectivity index (χ3v) is 4.12. The summed E-state index contributed by atoms with van der Waals surface area (Å²) in [6.07, 6.45) is 0. The number of nitrogens with zero attached hydrogens (tertiary/aromatic N) is 1. The highest BCUT2D eigenvalue weighted by Gasteiger charge is 2.10. The highest BCUT2D eigenvalue weighted by Crippen LogP contribution is 2.27. The van der Waals surface area contributed by atoms with E-state index in [2.05, 4.69) is 35.8 Å². The van der Waals surface area contributed by atoms with E-state index in [1.807, 2.05) is 31.2 Å². The third-order valence-electron chi connectivity index (χ3n) is 4.12.